The molecule has 0 N–H and O–H groups in total. The number of halogens is 1. The van der Waals surface area contributed by atoms with E-state index in [4.69, 9.17) is 16.6 Å². The van der Waals surface area contributed by atoms with Crippen LogP contribution in [0.5, 0.6) is 0 Å². The maximum absolute atomic E-state index is 5.98. The van der Waals surface area contributed by atoms with Gasteiger partial charge < -0.3 is 4.57 Å². The van der Waals surface area contributed by atoms with Gasteiger partial charge in [-0.25, -0.2) is 4.98 Å². The summed E-state index contributed by atoms with van der Waals surface area (Å²) in [7, 11) is 0. The number of hydrogen-bond donors (Lipinski definition) is 0. The lowest BCUT2D eigenvalue weighted by molar-refractivity contribution is 0.252. The average molecular weight is 307 g/mol. The van der Waals surface area contributed by atoms with Gasteiger partial charge in [-0.1, -0.05) is 33.8 Å². The number of rotatable bonds is 6. The van der Waals surface area contributed by atoms with Crippen molar-refractivity contribution in [1.82, 2.24) is 9.55 Å². The summed E-state index contributed by atoms with van der Waals surface area (Å²) in [4.78, 5) is 4.79. The lowest BCUT2D eigenvalue weighted by Gasteiger charge is -2.26. The number of fused-ring (bicyclic) bond motifs is 1. The van der Waals surface area contributed by atoms with Crippen LogP contribution >= 0.6 is 11.6 Å². The molecule has 116 valence electrons. The number of aryl methyl sites for hydroxylation is 2. The quantitative estimate of drug-likeness (QED) is 0.683. The molecule has 0 atom stereocenters. The third kappa shape index (κ3) is 3.60. The van der Waals surface area contributed by atoms with Gasteiger partial charge in [0.1, 0.15) is 5.82 Å². The van der Waals surface area contributed by atoms with Crippen molar-refractivity contribution in [2.45, 2.75) is 47.6 Å². The number of imidazole rings is 1. The van der Waals surface area contributed by atoms with Crippen LogP contribution < -0.4 is 0 Å². The van der Waals surface area contributed by atoms with Crippen LogP contribution in [0, 0.1) is 24.7 Å². The fraction of sp³-hybridized carbons (Fsp3) is 0.611. The minimum atomic E-state index is 0.621. The van der Waals surface area contributed by atoms with Crippen LogP contribution in [-0.2, 0) is 13.0 Å². The number of nitrogens with zero attached hydrogens (tertiary/aromatic N) is 2. The second kappa shape index (κ2) is 6.83. The molecule has 0 amide bonds. The molecule has 0 bridgehead atoms. The predicted molar refractivity (Wildman–Crippen MR) is 92.1 cm³/mol. The van der Waals surface area contributed by atoms with Gasteiger partial charge in [0.15, 0.2) is 0 Å². The van der Waals surface area contributed by atoms with Crippen LogP contribution in [0.3, 0.4) is 0 Å². The summed E-state index contributed by atoms with van der Waals surface area (Å²) in [5, 5.41) is 0. The molecule has 21 heavy (non-hydrogen) atoms. The third-order valence-corrected chi connectivity index (χ3v) is 4.60. The Hall–Kier alpha value is -1.02. The Morgan fingerprint density at radius 2 is 1.81 bits per heavy atom. The van der Waals surface area contributed by atoms with E-state index in [0.717, 1.165) is 24.3 Å². The molecule has 0 spiro atoms. The molecular weight excluding hydrogens is 280 g/mol. The Kier molecular flexibility index (Phi) is 5.32. The van der Waals surface area contributed by atoms with Crippen molar-refractivity contribution in [2.75, 3.05) is 5.88 Å². The molecule has 0 unspecified atom stereocenters. The lowest BCUT2D eigenvalue weighted by Crippen LogP contribution is -2.23. The zero-order chi connectivity index (χ0) is 15.6. The van der Waals surface area contributed by atoms with E-state index in [0.29, 0.717) is 23.6 Å². The molecule has 0 fully saturated rings. The second-order valence-electron chi connectivity index (χ2n) is 6.72. The van der Waals surface area contributed by atoms with Gasteiger partial charge in [-0.3, -0.25) is 0 Å². The smallest absolute Gasteiger partial charge is 0.111 e. The molecule has 0 aliphatic carbocycles. The Bertz CT molecular complexity index is 591. The van der Waals surface area contributed by atoms with Crippen molar-refractivity contribution >= 4 is 22.6 Å². The van der Waals surface area contributed by atoms with Crippen molar-refractivity contribution in [2.24, 2.45) is 17.8 Å². The van der Waals surface area contributed by atoms with Crippen molar-refractivity contribution in [3.63, 3.8) is 0 Å². The minimum absolute atomic E-state index is 0.621. The van der Waals surface area contributed by atoms with Gasteiger partial charge >= 0.3 is 0 Å². The highest BCUT2D eigenvalue weighted by atomic mass is 35.5. The molecule has 2 rings (SSSR count). The van der Waals surface area contributed by atoms with Gasteiger partial charge in [-0.15, -0.1) is 11.6 Å². The van der Waals surface area contributed by atoms with Crippen molar-refractivity contribution in [3.05, 3.63) is 29.6 Å². The fourth-order valence-corrected chi connectivity index (χ4v) is 3.33. The van der Waals surface area contributed by atoms with E-state index in [1.807, 2.05) is 0 Å². The molecule has 0 saturated heterocycles. The molecule has 1 aromatic heterocycles. The summed E-state index contributed by atoms with van der Waals surface area (Å²) in [6.45, 7) is 12.4. The SMILES string of the molecule is Cc1ccc2nc(CCCl)n(CC(C(C)C)C(C)C)c2c1. The maximum Gasteiger partial charge on any atom is 0.111 e. The Morgan fingerprint density at radius 3 is 2.38 bits per heavy atom. The highest BCUT2D eigenvalue weighted by Gasteiger charge is 2.21. The highest BCUT2D eigenvalue weighted by Crippen LogP contribution is 2.26. The monoisotopic (exact) mass is 306 g/mol. The summed E-state index contributed by atoms with van der Waals surface area (Å²) in [6.07, 6.45) is 0.832. The molecule has 3 heteroatoms. The van der Waals surface area contributed by atoms with Crippen LogP contribution in [0.2, 0.25) is 0 Å². The molecule has 1 heterocycles. The van der Waals surface area contributed by atoms with Gasteiger partial charge in [-0.2, -0.15) is 0 Å². The summed E-state index contributed by atoms with van der Waals surface area (Å²) in [5.41, 5.74) is 3.63. The zero-order valence-electron chi connectivity index (χ0n) is 13.9. The van der Waals surface area contributed by atoms with Crippen LogP contribution in [0.4, 0.5) is 0 Å². The van der Waals surface area contributed by atoms with E-state index >= 15 is 0 Å². The fourth-order valence-electron chi connectivity index (χ4n) is 3.16. The normalized spacial score (nSPS) is 12.2. The number of benzene rings is 1. The summed E-state index contributed by atoms with van der Waals surface area (Å²) < 4.78 is 2.40. The molecule has 0 aliphatic heterocycles. The van der Waals surface area contributed by atoms with E-state index in [2.05, 4.69) is 57.4 Å². The third-order valence-electron chi connectivity index (χ3n) is 4.41. The number of hydrogen-bond acceptors (Lipinski definition) is 1. The molecule has 2 aromatic rings. The van der Waals surface area contributed by atoms with Gasteiger partial charge in [0.05, 0.1) is 11.0 Å². The Morgan fingerprint density at radius 1 is 1.14 bits per heavy atom. The van der Waals surface area contributed by atoms with E-state index in [-0.39, 0.29) is 0 Å². The predicted octanol–water partition coefficient (Wildman–Crippen LogP) is 5.05. The van der Waals surface area contributed by atoms with Gasteiger partial charge in [0, 0.05) is 18.8 Å². The standard InChI is InChI=1S/C18H27ClN2/c1-12(2)15(13(3)4)11-21-17-10-14(5)6-7-16(17)20-18(21)8-9-19/h6-7,10,12-13,15H,8-9,11H2,1-5H3. The first-order valence-corrected chi connectivity index (χ1v) is 8.49. The summed E-state index contributed by atoms with van der Waals surface area (Å²) in [6, 6.07) is 6.50. The second-order valence-corrected chi connectivity index (χ2v) is 7.10. The van der Waals surface area contributed by atoms with Crippen molar-refractivity contribution in [1.29, 1.82) is 0 Å². The van der Waals surface area contributed by atoms with E-state index in [1.165, 1.54) is 11.1 Å². The average Bonchev–Trinajstić information content (AvgIpc) is 2.72. The largest absolute Gasteiger partial charge is 0.328 e. The Labute approximate surface area is 133 Å². The van der Waals surface area contributed by atoms with Gasteiger partial charge in [0.25, 0.3) is 0 Å². The topological polar surface area (TPSA) is 17.8 Å². The highest BCUT2D eigenvalue weighted by molar-refractivity contribution is 6.17. The molecule has 0 radical (unpaired) electrons. The van der Waals surface area contributed by atoms with E-state index in [1.54, 1.807) is 0 Å². The first-order chi connectivity index (χ1) is 9.93. The lowest BCUT2D eigenvalue weighted by atomic mass is 9.85. The summed E-state index contributed by atoms with van der Waals surface area (Å²) in [5.74, 6) is 3.72. The van der Waals surface area contributed by atoms with E-state index in [9.17, 15) is 0 Å². The summed E-state index contributed by atoms with van der Waals surface area (Å²) >= 11 is 5.98. The van der Waals surface area contributed by atoms with Crippen LogP contribution in [0.25, 0.3) is 11.0 Å². The van der Waals surface area contributed by atoms with Gasteiger partial charge in [-0.05, 0) is 42.4 Å². The zero-order valence-corrected chi connectivity index (χ0v) is 14.6. The first-order valence-electron chi connectivity index (χ1n) is 7.95. The minimum Gasteiger partial charge on any atom is -0.328 e. The molecule has 0 aliphatic rings. The molecule has 1 aromatic carbocycles. The number of alkyl halides is 1. The van der Waals surface area contributed by atoms with Crippen LogP contribution in [0.1, 0.15) is 39.1 Å². The van der Waals surface area contributed by atoms with Gasteiger partial charge in [0.2, 0.25) is 0 Å². The van der Waals surface area contributed by atoms with Crippen molar-refractivity contribution < 1.29 is 0 Å². The van der Waals surface area contributed by atoms with E-state index < -0.39 is 0 Å². The molecule has 2 nitrogen and oxygen atoms in total. The van der Waals surface area contributed by atoms with Crippen LogP contribution in [-0.4, -0.2) is 15.4 Å². The van der Waals surface area contributed by atoms with Crippen molar-refractivity contribution in [3.8, 4) is 0 Å². The first kappa shape index (κ1) is 16.4. The maximum atomic E-state index is 5.98. The molecular formula is C18H27ClN2. The molecule has 0 saturated carbocycles. The van der Waals surface area contributed by atoms with Crippen LogP contribution in [0.15, 0.2) is 18.2 Å². The Balaban J connectivity index is 2.48. The number of aromatic nitrogens is 2.